The van der Waals surface area contributed by atoms with E-state index < -0.39 is 5.82 Å². The van der Waals surface area contributed by atoms with Gasteiger partial charge in [-0.1, -0.05) is 42.7 Å². The monoisotopic (exact) mass is 399 g/mol. The first kappa shape index (κ1) is 18.6. The minimum Gasteiger partial charge on any atom is -0.339 e. The molecule has 1 aliphatic heterocycles. The molecule has 0 saturated carbocycles. The Morgan fingerprint density at radius 1 is 1.21 bits per heavy atom. The van der Waals surface area contributed by atoms with Crippen molar-refractivity contribution in [3.05, 3.63) is 64.8 Å². The summed E-state index contributed by atoms with van der Waals surface area (Å²) in [5, 5.41) is 3.97. The number of halogens is 2. The maximum atomic E-state index is 13.7. The Morgan fingerprint density at radius 3 is 2.64 bits per heavy atom. The SMILES string of the molecule is CC(C)c1ccc(N2CC(c3nc(-c4ccc(Cl)c(F)c4)no3)CC2=O)cc1. The lowest BCUT2D eigenvalue weighted by Gasteiger charge is -2.17. The minimum absolute atomic E-state index is 0.0135. The first-order valence-electron chi connectivity index (χ1n) is 9.11. The predicted molar refractivity (Wildman–Crippen MR) is 105 cm³/mol. The van der Waals surface area contributed by atoms with Crippen molar-refractivity contribution in [2.75, 3.05) is 11.4 Å². The van der Waals surface area contributed by atoms with Gasteiger partial charge in [0.05, 0.1) is 10.9 Å². The molecule has 1 fully saturated rings. The second-order valence-electron chi connectivity index (χ2n) is 7.24. The summed E-state index contributed by atoms with van der Waals surface area (Å²) in [6.07, 6.45) is 0.294. The summed E-state index contributed by atoms with van der Waals surface area (Å²) in [4.78, 5) is 18.6. The van der Waals surface area contributed by atoms with Gasteiger partial charge in [0.1, 0.15) is 5.82 Å². The molecule has 1 unspecified atom stereocenters. The van der Waals surface area contributed by atoms with E-state index in [9.17, 15) is 9.18 Å². The number of benzene rings is 2. The van der Waals surface area contributed by atoms with Gasteiger partial charge in [-0.05, 0) is 41.8 Å². The zero-order chi connectivity index (χ0) is 19.8. The molecule has 3 aromatic rings. The highest BCUT2D eigenvalue weighted by molar-refractivity contribution is 6.30. The number of hydrogen-bond donors (Lipinski definition) is 0. The number of aromatic nitrogens is 2. The molecule has 1 saturated heterocycles. The van der Waals surface area contributed by atoms with Crippen LogP contribution in [0.2, 0.25) is 5.02 Å². The fourth-order valence-electron chi connectivity index (χ4n) is 3.32. The van der Waals surface area contributed by atoms with Gasteiger partial charge in [0.15, 0.2) is 0 Å². The fourth-order valence-corrected chi connectivity index (χ4v) is 3.43. The van der Waals surface area contributed by atoms with Crippen LogP contribution < -0.4 is 4.90 Å². The third-order valence-electron chi connectivity index (χ3n) is 4.97. The van der Waals surface area contributed by atoms with E-state index in [2.05, 4.69) is 24.0 Å². The van der Waals surface area contributed by atoms with Gasteiger partial charge in [-0.15, -0.1) is 0 Å². The number of hydrogen-bond acceptors (Lipinski definition) is 4. The molecule has 4 rings (SSSR count). The van der Waals surface area contributed by atoms with Gasteiger partial charge in [-0.3, -0.25) is 4.79 Å². The molecule has 0 bridgehead atoms. The Bertz CT molecular complexity index is 1020. The molecule has 144 valence electrons. The molecular formula is C21H19ClFN3O2. The van der Waals surface area contributed by atoms with Crippen molar-refractivity contribution in [1.29, 1.82) is 0 Å². The number of nitrogens with zero attached hydrogens (tertiary/aromatic N) is 3. The van der Waals surface area contributed by atoms with E-state index in [-0.39, 0.29) is 22.7 Å². The quantitative estimate of drug-likeness (QED) is 0.607. The average Bonchev–Trinajstić information content (AvgIpc) is 3.31. The van der Waals surface area contributed by atoms with Crippen molar-refractivity contribution in [1.82, 2.24) is 10.1 Å². The van der Waals surface area contributed by atoms with Crippen molar-refractivity contribution < 1.29 is 13.7 Å². The zero-order valence-electron chi connectivity index (χ0n) is 15.5. The molecular weight excluding hydrogens is 381 g/mol. The standard InChI is InChI=1S/C21H19ClFN3O2/c1-12(2)13-3-6-16(7-4-13)26-11-15(10-19(26)27)21-24-20(25-28-21)14-5-8-17(22)18(23)9-14/h3-9,12,15H,10-11H2,1-2H3. The van der Waals surface area contributed by atoms with Crippen LogP contribution in [-0.2, 0) is 4.79 Å². The summed E-state index contributed by atoms with van der Waals surface area (Å²) in [5.41, 5.74) is 2.56. The summed E-state index contributed by atoms with van der Waals surface area (Å²) in [7, 11) is 0. The minimum atomic E-state index is -0.544. The van der Waals surface area contributed by atoms with E-state index in [1.165, 1.54) is 17.7 Å². The zero-order valence-corrected chi connectivity index (χ0v) is 16.3. The second kappa shape index (κ2) is 7.36. The Labute approximate surface area is 167 Å². The Balaban J connectivity index is 1.52. The van der Waals surface area contributed by atoms with Crippen LogP contribution in [0.4, 0.5) is 10.1 Å². The molecule has 7 heteroatoms. The van der Waals surface area contributed by atoms with Gasteiger partial charge in [0.2, 0.25) is 17.6 Å². The summed E-state index contributed by atoms with van der Waals surface area (Å²) in [6, 6.07) is 12.4. The van der Waals surface area contributed by atoms with Crippen LogP contribution in [0.5, 0.6) is 0 Å². The normalized spacial score (nSPS) is 17.0. The molecule has 0 aliphatic carbocycles. The maximum Gasteiger partial charge on any atom is 0.232 e. The molecule has 0 spiro atoms. The van der Waals surface area contributed by atoms with Crippen LogP contribution >= 0.6 is 11.6 Å². The third kappa shape index (κ3) is 3.52. The smallest absolute Gasteiger partial charge is 0.232 e. The average molecular weight is 400 g/mol. The molecule has 0 radical (unpaired) electrons. The van der Waals surface area contributed by atoms with Crippen molar-refractivity contribution >= 4 is 23.2 Å². The van der Waals surface area contributed by atoms with E-state index in [0.29, 0.717) is 30.3 Å². The molecule has 0 N–H and O–H groups in total. The second-order valence-corrected chi connectivity index (χ2v) is 7.64. The molecule has 1 amide bonds. The van der Waals surface area contributed by atoms with Crippen molar-refractivity contribution in [3.8, 4) is 11.4 Å². The Kier molecular flexibility index (Phi) is 4.89. The van der Waals surface area contributed by atoms with Crippen molar-refractivity contribution in [2.24, 2.45) is 0 Å². The maximum absolute atomic E-state index is 13.7. The first-order valence-corrected chi connectivity index (χ1v) is 9.49. The lowest BCUT2D eigenvalue weighted by molar-refractivity contribution is -0.117. The van der Waals surface area contributed by atoms with Crippen LogP contribution in [0.25, 0.3) is 11.4 Å². The number of carbonyl (C=O) groups excluding carboxylic acids is 1. The molecule has 2 heterocycles. The first-order chi connectivity index (χ1) is 13.4. The fraction of sp³-hybridized carbons (Fsp3) is 0.286. The van der Waals surface area contributed by atoms with Crippen molar-refractivity contribution in [2.45, 2.75) is 32.1 Å². The topological polar surface area (TPSA) is 59.2 Å². The summed E-state index contributed by atoms with van der Waals surface area (Å²) in [5.74, 6) is 0.358. The molecule has 1 atom stereocenters. The van der Waals surface area contributed by atoms with Gasteiger partial charge in [-0.25, -0.2) is 4.39 Å². The van der Waals surface area contributed by atoms with E-state index in [1.54, 1.807) is 11.0 Å². The third-order valence-corrected chi connectivity index (χ3v) is 5.27. The predicted octanol–water partition coefficient (Wildman–Crippen LogP) is 5.17. The number of anilines is 1. The van der Waals surface area contributed by atoms with Crippen LogP contribution in [0.3, 0.4) is 0 Å². The number of carbonyl (C=O) groups is 1. The lowest BCUT2D eigenvalue weighted by atomic mass is 10.0. The number of amides is 1. The van der Waals surface area contributed by atoms with Crippen LogP contribution in [0.1, 0.15) is 43.6 Å². The van der Waals surface area contributed by atoms with Crippen LogP contribution in [-0.4, -0.2) is 22.6 Å². The summed E-state index contributed by atoms with van der Waals surface area (Å²) >= 11 is 5.71. The highest BCUT2D eigenvalue weighted by atomic mass is 35.5. The Hall–Kier alpha value is -2.73. The van der Waals surface area contributed by atoms with E-state index in [0.717, 1.165) is 5.69 Å². The highest BCUT2D eigenvalue weighted by Crippen LogP contribution is 2.33. The van der Waals surface area contributed by atoms with E-state index in [4.69, 9.17) is 16.1 Å². The largest absolute Gasteiger partial charge is 0.339 e. The summed E-state index contributed by atoms with van der Waals surface area (Å²) in [6.45, 7) is 4.73. The molecule has 5 nitrogen and oxygen atoms in total. The van der Waals surface area contributed by atoms with Gasteiger partial charge >= 0.3 is 0 Å². The van der Waals surface area contributed by atoms with Gasteiger partial charge in [0.25, 0.3) is 0 Å². The molecule has 2 aromatic carbocycles. The van der Waals surface area contributed by atoms with Gasteiger partial charge in [0, 0.05) is 24.2 Å². The molecule has 1 aliphatic rings. The molecule has 28 heavy (non-hydrogen) atoms. The molecule has 1 aromatic heterocycles. The van der Waals surface area contributed by atoms with Gasteiger partial charge < -0.3 is 9.42 Å². The van der Waals surface area contributed by atoms with Gasteiger partial charge in [-0.2, -0.15) is 4.98 Å². The Morgan fingerprint density at radius 2 is 1.96 bits per heavy atom. The van der Waals surface area contributed by atoms with Crippen molar-refractivity contribution in [3.63, 3.8) is 0 Å². The summed E-state index contributed by atoms with van der Waals surface area (Å²) < 4.78 is 19.0. The number of rotatable bonds is 4. The van der Waals surface area contributed by atoms with E-state index >= 15 is 0 Å². The lowest BCUT2D eigenvalue weighted by Crippen LogP contribution is -2.24. The highest BCUT2D eigenvalue weighted by Gasteiger charge is 2.35. The van der Waals surface area contributed by atoms with Crippen LogP contribution in [0.15, 0.2) is 47.0 Å². The van der Waals surface area contributed by atoms with Crippen LogP contribution in [0, 0.1) is 5.82 Å². The van der Waals surface area contributed by atoms with E-state index in [1.807, 2.05) is 24.3 Å².